The van der Waals surface area contributed by atoms with Crippen molar-refractivity contribution < 1.29 is 4.79 Å². The van der Waals surface area contributed by atoms with Crippen LogP contribution in [0, 0.1) is 13.8 Å². The van der Waals surface area contributed by atoms with Crippen LogP contribution in [0.3, 0.4) is 0 Å². The molecule has 0 radical (unpaired) electrons. The zero-order chi connectivity index (χ0) is 13.3. The van der Waals surface area contributed by atoms with Crippen LogP contribution in [0.1, 0.15) is 21.7 Å². The molecule has 0 saturated carbocycles. The van der Waals surface area contributed by atoms with E-state index in [9.17, 15) is 4.79 Å². The molecule has 2 aromatic heterocycles. The summed E-state index contributed by atoms with van der Waals surface area (Å²) >= 11 is 11.5. The lowest BCUT2D eigenvalue weighted by Gasteiger charge is -2.06. The molecular weight excluding hydrogens is 275 g/mol. The number of nitrogens with one attached hydrogen (secondary N) is 2. The van der Waals surface area contributed by atoms with Gasteiger partial charge >= 0.3 is 0 Å². The number of rotatable bonds is 2. The van der Waals surface area contributed by atoms with Gasteiger partial charge in [-0.15, -0.1) is 0 Å². The number of H-pyrrole nitrogens is 1. The number of halogens is 2. The van der Waals surface area contributed by atoms with E-state index in [2.05, 4.69) is 20.5 Å². The molecule has 7 heteroatoms. The summed E-state index contributed by atoms with van der Waals surface area (Å²) in [7, 11) is 0. The molecule has 0 aromatic carbocycles. The summed E-state index contributed by atoms with van der Waals surface area (Å²) in [5.41, 5.74) is 2.39. The van der Waals surface area contributed by atoms with Gasteiger partial charge in [0.1, 0.15) is 10.3 Å². The quantitative estimate of drug-likeness (QED) is 0.833. The molecule has 94 valence electrons. The summed E-state index contributed by atoms with van der Waals surface area (Å²) < 4.78 is 0. The van der Waals surface area contributed by atoms with Crippen LogP contribution in [0.2, 0.25) is 10.3 Å². The second kappa shape index (κ2) is 4.96. The molecule has 0 aliphatic carbocycles. The van der Waals surface area contributed by atoms with E-state index in [1.807, 2.05) is 6.92 Å². The molecule has 0 saturated heterocycles. The SMILES string of the molecule is Cc1n[nH]c(C)c1NC(=O)c1ccc(Cl)nc1Cl. The third-order valence-electron chi connectivity index (χ3n) is 2.43. The summed E-state index contributed by atoms with van der Waals surface area (Å²) in [5.74, 6) is -0.350. The molecule has 0 spiro atoms. The van der Waals surface area contributed by atoms with Crippen molar-refractivity contribution in [3.05, 3.63) is 39.4 Å². The van der Waals surface area contributed by atoms with Gasteiger partial charge in [0.15, 0.2) is 0 Å². The topological polar surface area (TPSA) is 70.7 Å². The Labute approximate surface area is 114 Å². The van der Waals surface area contributed by atoms with Crippen molar-refractivity contribution >= 4 is 34.8 Å². The number of carbonyl (C=O) groups is 1. The van der Waals surface area contributed by atoms with Crippen molar-refractivity contribution in [1.29, 1.82) is 0 Å². The molecule has 2 heterocycles. The normalized spacial score (nSPS) is 10.4. The van der Waals surface area contributed by atoms with Crippen LogP contribution in [0.25, 0.3) is 0 Å². The first-order valence-corrected chi connectivity index (χ1v) is 5.89. The van der Waals surface area contributed by atoms with E-state index in [-0.39, 0.29) is 21.8 Å². The minimum Gasteiger partial charge on any atom is -0.319 e. The number of anilines is 1. The lowest BCUT2D eigenvalue weighted by atomic mass is 10.2. The molecule has 2 aromatic rings. The first-order valence-electron chi connectivity index (χ1n) is 5.14. The highest BCUT2D eigenvalue weighted by atomic mass is 35.5. The Morgan fingerprint density at radius 3 is 2.61 bits per heavy atom. The van der Waals surface area contributed by atoms with E-state index >= 15 is 0 Å². The monoisotopic (exact) mass is 284 g/mol. The van der Waals surface area contributed by atoms with E-state index in [4.69, 9.17) is 23.2 Å². The maximum absolute atomic E-state index is 12.0. The molecule has 0 aliphatic heterocycles. The van der Waals surface area contributed by atoms with Crippen LogP contribution < -0.4 is 5.32 Å². The van der Waals surface area contributed by atoms with Gasteiger partial charge < -0.3 is 5.32 Å². The maximum Gasteiger partial charge on any atom is 0.258 e. The van der Waals surface area contributed by atoms with Crippen molar-refractivity contribution in [1.82, 2.24) is 15.2 Å². The number of nitrogens with zero attached hydrogens (tertiary/aromatic N) is 2. The van der Waals surface area contributed by atoms with Crippen LogP contribution >= 0.6 is 23.2 Å². The van der Waals surface area contributed by atoms with E-state index in [0.29, 0.717) is 11.4 Å². The fourth-order valence-corrected chi connectivity index (χ4v) is 1.93. The number of aryl methyl sites for hydroxylation is 2. The predicted molar refractivity (Wildman–Crippen MR) is 70.3 cm³/mol. The van der Waals surface area contributed by atoms with Gasteiger partial charge in [0, 0.05) is 0 Å². The predicted octanol–water partition coefficient (Wildman–Crippen LogP) is 2.98. The maximum atomic E-state index is 12.0. The van der Waals surface area contributed by atoms with E-state index < -0.39 is 0 Å². The van der Waals surface area contributed by atoms with E-state index in [0.717, 1.165) is 5.69 Å². The molecule has 0 unspecified atom stereocenters. The van der Waals surface area contributed by atoms with Crippen LogP contribution in [0.5, 0.6) is 0 Å². The minimum atomic E-state index is -0.350. The molecule has 5 nitrogen and oxygen atoms in total. The first kappa shape index (κ1) is 12.9. The zero-order valence-corrected chi connectivity index (χ0v) is 11.2. The Balaban J connectivity index is 2.28. The number of aromatic nitrogens is 3. The van der Waals surface area contributed by atoms with Gasteiger partial charge in [0.05, 0.1) is 22.6 Å². The number of carbonyl (C=O) groups excluding carboxylic acids is 1. The second-order valence-corrected chi connectivity index (χ2v) is 4.48. The Kier molecular flexibility index (Phi) is 3.54. The van der Waals surface area contributed by atoms with Crippen LogP contribution in [-0.2, 0) is 0 Å². The smallest absolute Gasteiger partial charge is 0.258 e. The highest BCUT2D eigenvalue weighted by molar-refractivity contribution is 6.35. The van der Waals surface area contributed by atoms with Gasteiger partial charge in [-0.1, -0.05) is 23.2 Å². The molecular formula is C11H10Cl2N4O. The molecule has 0 atom stereocenters. The summed E-state index contributed by atoms with van der Waals surface area (Å²) in [4.78, 5) is 15.8. The van der Waals surface area contributed by atoms with Gasteiger partial charge in [-0.05, 0) is 26.0 Å². The van der Waals surface area contributed by atoms with Gasteiger partial charge in [-0.25, -0.2) is 4.98 Å². The van der Waals surface area contributed by atoms with Crippen molar-refractivity contribution in [2.45, 2.75) is 13.8 Å². The Hall–Kier alpha value is -1.59. The summed E-state index contributed by atoms with van der Waals surface area (Å²) in [6.45, 7) is 3.61. The number of amides is 1. The largest absolute Gasteiger partial charge is 0.319 e. The summed E-state index contributed by atoms with van der Waals surface area (Å²) in [6, 6.07) is 3.04. The molecule has 2 rings (SSSR count). The van der Waals surface area contributed by atoms with Crippen molar-refractivity contribution in [2.24, 2.45) is 0 Å². The van der Waals surface area contributed by atoms with Crippen molar-refractivity contribution in [2.75, 3.05) is 5.32 Å². The molecule has 0 fully saturated rings. The molecule has 1 amide bonds. The minimum absolute atomic E-state index is 0.0683. The second-order valence-electron chi connectivity index (χ2n) is 3.74. The lowest BCUT2D eigenvalue weighted by Crippen LogP contribution is -2.14. The zero-order valence-electron chi connectivity index (χ0n) is 9.71. The average molecular weight is 285 g/mol. The Morgan fingerprint density at radius 2 is 2.06 bits per heavy atom. The number of pyridine rings is 1. The van der Waals surface area contributed by atoms with Crippen LogP contribution in [-0.4, -0.2) is 21.1 Å². The molecule has 0 aliphatic rings. The van der Waals surface area contributed by atoms with Crippen LogP contribution in [0.4, 0.5) is 5.69 Å². The van der Waals surface area contributed by atoms with Crippen molar-refractivity contribution in [3.63, 3.8) is 0 Å². The third kappa shape index (κ3) is 2.47. The Morgan fingerprint density at radius 1 is 1.33 bits per heavy atom. The van der Waals surface area contributed by atoms with Crippen molar-refractivity contribution in [3.8, 4) is 0 Å². The average Bonchev–Trinajstić information content (AvgIpc) is 2.60. The first-order chi connectivity index (χ1) is 8.49. The summed E-state index contributed by atoms with van der Waals surface area (Å²) in [6.07, 6.45) is 0. The highest BCUT2D eigenvalue weighted by Gasteiger charge is 2.15. The lowest BCUT2D eigenvalue weighted by molar-refractivity contribution is 0.102. The molecule has 2 N–H and O–H groups in total. The Bertz CT molecular complexity index is 590. The van der Waals surface area contributed by atoms with Crippen LogP contribution in [0.15, 0.2) is 12.1 Å². The van der Waals surface area contributed by atoms with Gasteiger partial charge in [-0.2, -0.15) is 5.10 Å². The molecule has 0 bridgehead atoms. The number of hydrogen-bond acceptors (Lipinski definition) is 3. The fraction of sp³-hybridized carbons (Fsp3) is 0.182. The van der Waals surface area contributed by atoms with E-state index in [1.165, 1.54) is 12.1 Å². The highest BCUT2D eigenvalue weighted by Crippen LogP contribution is 2.21. The molecule has 18 heavy (non-hydrogen) atoms. The van der Waals surface area contributed by atoms with Gasteiger partial charge in [-0.3, -0.25) is 9.89 Å². The van der Waals surface area contributed by atoms with E-state index in [1.54, 1.807) is 6.92 Å². The third-order valence-corrected chi connectivity index (χ3v) is 2.92. The number of hydrogen-bond donors (Lipinski definition) is 2. The number of aromatic amines is 1. The fourth-order valence-electron chi connectivity index (χ4n) is 1.50. The van der Waals surface area contributed by atoms with Gasteiger partial charge in [0.2, 0.25) is 0 Å². The standard InChI is InChI=1S/C11H10Cl2N4O/c1-5-9(6(2)17-16-5)15-11(18)7-3-4-8(12)14-10(7)13/h3-4H,1-2H3,(H,15,18)(H,16,17). The summed E-state index contributed by atoms with van der Waals surface area (Å²) in [5, 5.41) is 9.82. The van der Waals surface area contributed by atoms with Gasteiger partial charge in [0.25, 0.3) is 5.91 Å².